The molecule has 0 amide bonds. The maximum absolute atomic E-state index is 4.96. The summed E-state index contributed by atoms with van der Waals surface area (Å²) in [5, 5.41) is 3.33. The number of hydrogen-bond acceptors (Lipinski definition) is 2. The van der Waals surface area contributed by atoms with Gasteiger partial charge >= 0.3 is 0 Å². The van der Waals surface area contributed by atoms with Gasteiger partial charge in [-0.05, 0) is 19.4 Å². The standard InChI is InChI=1S/C6H13NO.H2/c1-8-5-6-3-2-4-7-6;/h6-7H,2-5H2,1H3;1H. The molecule has 1 unspecified atom stereocenters. The molecular formula is C6H15NO. The predicted molar refractivity (Wildman–Crippen MR) is 35.0 cm³/mol. The van der Waals surface area contributed by atoms with Crippen LogP contribution < -0.4 is 5.32 Å². The molecule has 0 aliphatic carbocycles. The van der Waals surface area contributed by atoms with Crippen LogP contribution in [0.25, 0.3) is 0 Å². The van der Waals surface area contributed by atoms with E-state index in [0.29, 0.717) is 6.04 Å². The fourth-order valence-electron chi connectivity index (χ4n) is 1.10. The zero-order chi connectivity index (χ0) is 5.82. The zero-order valence-electron chi connectivity index (χ0n) is 5.31. The van der Waals surface area contributed by atoms with Gasteiger partial charge in [-0.15, -0.1) is 0 Å². The lowest BCUT2D eigenvalue weighted by atomic mass is 10.2. The van der Waals surface area contributed by atoms with E-state index in [9.17, 15) is 0 Å². The van der Waals surface area contributed by atoms with Gasteiger partial charge in [-0.2, -0.15) is 0 Å². The third-order valence-corrected chi connectivity index (χ3v) is 1.53. The molecule has 2 nitrogen and oxygen atoms in total. The van der Waals surface area contributed by atoms with Gasteiger partial charge in [0.15, 0.2) is 0 Å². The van der Waals surface area contributed by atoms with E-state index < -0.39 is 0 Å². The summed E-state index contributed by atoms with van der Waals surface area (Å²) < 4.78 is 4.96. The van der Waals surface area contributed by atoms with E-state index in [1.807, 2.05) is 0 Å². The Balaban J connectivity index is 0.000000640. The van der Waals surface area contributed by atoms with Crippen molar-refractivity contribution in [3.8, 4) is 0 Å². The smallest absolute Gasteiger partial charge is 0.0615 e. The van der Waals surface area contributed by atoms with Crippen molar-refractivity contribution in [2.75, 3.05) is 20.3 Å². The van der Waals surface area contributed by atoms with Crippen LogP contribution >= 0.6 is 0 Å². The molecule has 0 radical (unpaired) electrons. The minimum Gasteiger partial charge on any atom is -0.383 e. The van der Waals surface area contributed by atoms with Crippen molar-refractivity contribution in [2.24, 2.45) is 0 Å². The van der Waals surface area contributed by atoms with Gasteiger partial charge in [0.1, 0.15) is 0 Å². The highest BCUT2D eigenvalue weighted by Gasteiger charge is 2.11. The van der Waals surface area contributed by atoms with Crippen molar-refractivity contribution in [1.82, 2.24) is 5.32 Å². The second-order valence-corrected chi connectivity index (χ2v) is 2.25. The minimum atomic E-state index is 0. The Bertz CT molecular complexity index is 64.1. The Hall–Kier alpha value is -0.0800. The van der Waals surface area contributed by atoms with Crippen molar-refractivity contribution < 1.29 is 6.16 Å². The number of methoxy groups -OCH3 is 1. The molecule has 0 aromatic heterocycles. The van der Waals surface area contributed by atoms with E-state index in [1.54, 1.807) is 7.11 Å². The average Bonchev–Trinajstić information content (AvgIpc) is 2.19. The van der Waals surface area contributed by atoms with E-state index in [1.165, 1.54) is 19.4 Å². The van der Waals surface area contributed by atoms with Crippen LogP contribution in [0.4, 0.5) is 0 Å². The van der Waals surface area contributed by atoms with Crippen LogP contribution in [0.5, 0.6) is 0 Å². The molecule has 8 heavy (non-hydrogen) atoms. The average molecular weight is 117 g/mol. The molecular weight excluding hydrogens is 102 g/mol. The molecule has 0 saturated carbocycles. The molecule has 0 spiro atoms. The normalized spacial score (nSPS) is 28.9. The van der Waals surface area contributed by atoms with Crippen molar-refractivity contribution in [2.45, 2.75) is 18.9 Å². The second kappa shape index (κ2) is 3.05. The van der Waals surface area contributed by atoms with Crippen molar-refractivity contribution in [3.05, 3.63) is 0 Å². The van der Waals surface area contributed by atoms with Crippen molar-refractivity contribution in [3.63, 3.8) is 0 Å². The molecule has 1 aliphatic rings. The first-order chi connectivity index (χ1) is 3.93. The van der Waals surface area contributed by atoms with Crippen LogP contribution in [0.15, 0.2) is 0 Å². The molecule has 1 heterocycles. The molecule has 1 rings (SSSR count). The molecule has 0 aromatic carbocycles. The Morgan fingerprint density at radius 3 is 3.25 bits per heavy atom. The number of hydrogen-bond donors (Lipinski definition) is 1. The molecule has 1 atom stereocenters. The van der Waals surface area contributed by atoms with Crippen LogP contribution in [-0.4, -0.2) is 26.3 Å². The van der Waals surface area contributed by atoms with Crippen molar-refractivity contribution in [1.29, 1.82) is 0 Å². The predicted octanol–water partition coefficient (Wildman–Crippen LogP) is 0.631. The van der Waals surface area contributed by atoms with Gasteiger partial charge in [0.05, 0.1) is 6.61 Å². The van der Waals surface area contributed by atoms with Crippen LogP contribution in [0.3, 0.4) is 0 Å². The first-order valence-corrected chi connectivity index (χ1v) is 3.16. The molecule has 1 aliphatic heterocycles. The maximum atomic E-state index is 4.96. The number of rotatable bonds is 2. The Labute approximate surface area is 51.7 Å². The highest BCUT2D eigenvalue weighted by atomic mass is 16.5. The molecule has 1 saturated heterocycles. The monoisotopic (exact) mass is 117 g/mol. The summed E-state index contributed by atoms with van der Waals surface area (Å²) in [6, 6.07) is 0.639. The van der Waals surface area contributed by atoms with E-state index in [2.05, 4.69) is 5.32 Å². The first kappa shape index (κ1) is 6.05. The first-order valence-electron chi connectivity index (χ1n) is 3.16. The SMILES string of the molecule is COCC1CCCN1.[HH]. The van der Waals surface area contributed by atoms with Crippen LogP contribution in [-0.2, 0) is 4.74 Å². The van der Waals surface area contributed by atoms with Gasteiger partial charge in [0, 0.05) is 14.6 Å². The highest BCUT2D eigenvalue weighted by molar-refractivity contribution is 4.72. The molecule has 50 valence electrons. The summed E-state index contributed by atoms with van der Waals surface area (Å²) in [6.07, 6.45) is 2.60. The van der Waals surface area contributed by atoms with Gasteiger partial charge in [-0.1, -0.05) is 0 Å². The minimum absolute atomic E-state index is 0. The highest BCUT2D eigenvalue weighted by Crippen LogP contribution is 2.03. The van der Waals surface area contributed by atoms with Gasteiger partial charge in [0.2, 0.25) is 0 Å². The Morgan fingerprint density at radius 2 is 2.75 bits per heavy atom. The van der Waals surface area contributed by atoms with Crippen molar-refractivity contribution >= 4 is 0 Å². The quantitative estimate of drug-likeness (QED) is 0.573. The van der Waals surface area contributed by atoms with Gasteiger partial charge in [0.25, 0.3) is 0 Å². The van der Waals surface area contributed by atoms with E-state index in [0.717, 1.165) is 6.61 Å². The second-order valence-electron chi connectivity index (χ2n) is 2.25. The molecule has 0 bridgehead atoms. The lowest BCUT2D eigenvalue weighted by Gasteiger charge is -2.05. The van der Waals surface area contributed by atoms with E-state index in [-0.39, 0.29) is 1.43 Å². The summed E-state index contributed by atoms with van der Waals surface area (Å²) in [7, 11) is 1.75. The fourth-order valence-corrected chi connectivity index (χ4v) is 1.10. The zero-order valence-corrected chi connectivity index (χ0v) is 5.31. The van der Waals surface area contributed by atoms with E-state index >= 15 is 0 Å². The van der Waals surface area contributed by atoms with Gasteiger partial charge in [-0.3, -0.25) is 0 Å². The molecule has 1 N–H and O–H groups in total. The van der Waals surface area contributed by atoms with Gasteiger partial charge in [-0.25, -0.2) is 0 Å². The van der Waals surface area contributed by atoms with E-state index in [4.69, 9.17) is 4.74 Å². The lowest BCUT2D eigenvalue weighted by molar-refractivity contribution is 0.173. The fraction of sp³-hybridized carbons (Fsp3) is 1.00. The Morgan fingerprint density at radius 1 is 1.88 bits per heavy atom. The molecule has 2 heteroatoms. The Kier molecular flexibility index (Phi) is 2.30. The van der Waals surface area contributed by atoms with Crippen LogP contribution in [0.1, 0.15) is 14.3 Å². The van der Waals surface area contributed by atoms with Gasteiger partial charge < -0.3 is 10.1 Å². The largest absolute Gasteiger partial charge is 0.383 e. The summed E-state index contributed by atoms with van der Waals surface area (Å²) in [5.41, 5.74) is 0. The van der Waals surface area contributed by atoms with Crippen LogP contribution in [0, 0.1) is 0 Å². The topological polar surface area (TPSA) is 21.3 Å². The molecule has 0 aromatic rings. The third kappa shape index (κ3) is 1.46. The molecule has 1 fully saturated rings. The summed E-state index contributed by atoms with van der Waals surface area (Å²) in [4.78, 5) is 0. The summed E-state index contributed by atoms with van der Waals surface area (Å²) >= 11 is 0. The number of ether oxygens (including phenoxy) is 1. The maximum Gasteiger partial charge on any atom is 0.0615 e. The summed E-state index contributed by atoms with van der Waals surface area (Å²) in [5.74, 6) is 0. The third-order valence-electron chi connectivity index (χ3n) is 1.53. The summed E-state index contributed by atoms with van der Waals surface area (Å²) in [6.45, 7) is 2.05. The number of nitrogens with one attached hydrogen (secondary N) is 1. The van der Waals surface area contributed by atoms with Crippen LogP contribution in [0.2, 0.25) is 0 Å². The lowest BCUT2D eigenvalue weighted by Crippen LogP contribution is -2.25.